The van der Waals surface area contributed by atoms with Crippen molar-refractivity contribution in [3.63, 3.8) is 0 Å². The summed E-state index contributed by atoms with van der Waals surface area (Å²) in [5, 5.41) is 0. The highest BCUT2D eigenvalue weighted by Crippen LogP contribution is 2.36. The van der Waals surface area contributed by atoms with Crippen LogP contribution in [-0.4, -0.2) is 5.54 Å². The highest BCUT2D eigenvalue weighted by molar-refractivity contribution is 5.19. The molecule has 0 amide bonds. The van der Waals surface area contributed by atoms with E-state index in [-0.39, 0.29) is 5.54 Å². The number of nitrogens with two attached hydrogens (primary N) is 1. The zero-order valence-electron chi connectivity index (χ0n) is 7.89. The number of hydrogen-bond donors (Lipinski definition) is 1. The molecular weight excluding hydrogens is 184 g/mol. The molecule has 14 heavy (non-hydrogen) atoms. The van der Waals surface area contributed by atoms with Crippen molar-refractivity contribution in [2.75, 3.05) is 0 Å². The monoisotopic (exact) mass is 197 g/mol. The molecule has 1 fully saturated rings. The van der Waals surface area contributed by atoms with Crippen LogP contribution in [-0.2, 0) is 6.42 Å². The third-order valence-electron chi connectivity index (χ3n) is 2.73. The van der Waals surface area contributed by atoms with E-state index in [9.17, 15) is 8.78 Å². The number of benzene rings is 1. The minimum atomic E-state index is -0.512. The van der Waals surface area contributed by atoms with Crippen LogP contribution in [0.15, 0.2) is 18.2 Å². The van der Waals surface area contributed by atoms with E-state index in [0.29, 0.717) is 12.0 Å². The lowest BCUT2D eigenvalue weighted by Gasteiger charge is -2.07. The van der Waals surface area contributed by atoms with Crippen molar-refractivity contribution in [1.29, 1.82) is 0 Å². The van der Waals surface area contributed by atoms with Crippen molar-refractivity contribution < 1.29 is 8.78 Å². The standard InChI is InChI=1S/C11H13F2N/c12-9-5-8(6-10(13)7-9)1-2-11(14)3-4-11/h5-7H,1-4,14H2. The first-order chi connectivity index (χ1) is 6.57. The van der Waals surface area contributed by atoms with E-state index >= 15 is 0 Å². The van der Waals surface area contributed by atoms with Crippen LogP contribution in [0.1, 0.15) is 24.8 Å². The maximum atomic E-state index is 12.8. The fraction of sp³-hybridized carbons (Fsp3) is 0.455. The average Bonchev–Trinajstić information content (AvgIpc) is 2.80. The molecule has 76 valence electrons. The fourth-order valence-electron chi connectivity index (χ4n) is 1.56. The molecule has 1 nitrogen and oxygen atoms in total. The van der Waals surface area contributed by atoms with Gasteiger partial charge in [-0.3, -0.25) is 0 Å². The highest BCUT2D eigenvalue weighted by Gasteiger charge is 2.37. The van der Waals surface area contributed by atoms with Crippen LogP contribution in [0.2, 0.25) is 0 Å². The van der Waals surface area contributed by atoms with Gasteiger partial charge in [-0.2, -0.15) is 0 Å². The summed E-state index contributed by atoms with van der Waals surface area (Å²) >= 11 is 0. The molecule has 1 aliphatic rings. The van der Waals surface area contributed by atoms with Crippen LogP contribution in [0.5, 0.6) is 0 Å². The summed E-state index contributed by atoms with van der Waals surface area (Å²) in [6.45, 7) is 0. The quantitative estimate of drug-likeness (QED) is 0.791. The first kappa shape index (κ1) is 9.59. The van der Waals surface area contributed by atoms with Crippen molar-refractivity contribution in [2.45, 2.75) is 31.2 Å². The summed E-state index contributed by atoms with van der Waals surface area (Å²) in [6, 6.07) is 3.63. The molecule has 0 radical (unpaired) electrons. The van der Waals surface area contributed by atoms with Gasteiger partial charge in [0.1, 0.15) is 11.6 Å². The van der Waals surface area contributed by atoms with Gasteiger partial charge in [0, 0.05) is 11.6 Å². The molecule has 2 N–H and O–H groups in total. The van der Waals surface area contributed by atoms with Crippen LogP contribution in [0.25, 0.3) is 0 Å². The van der Waals surface area contributed by atoms with Crippen molar-refractivity contribution in [1.82, 2.24) is 0 Å². The second-order valence-electron chi connectivity index (χ2n) is 4.14. The molecule has 1 aromatic carbocycles. The normalized spacial score (nSPS) is 18.2. The van der Waals surface area contributed by atoms with Gasteiger partial charge in [-0.15, -0.1) is 0 Å². The van der Waals surface area contributed by atoms with E-state index in [1.165, 1.54) is 12.1 Å². The molecule has 0 saturated heterocycles. The van der Waals surface area contributed by atoms with E-state index < -0.39 is 11.6 Å². The van der Waals surface area contributed by atoms with E-state index in [1.807, 2.05) is 0 Å². The van der Waals surface area contributed by atoms with Crippen LogP contribution in [0.3, 0.4) is 0 Å². The maximum Gasteiger partial charge on any atom is 0.126 e. The van der Waals surface area contributed by atoms with Gasteiger partial charge in [-0.25, -0.2) is 8.78 Å². The Balaban J connectivity index is 2.01. The molecule has 1 aromatic rings. The number of hydrogen-bond acceptors (Lipinski definition) is 1. The minimum Gasteiger partial charge on any atom is -0.325 e. The fourth-order valence-corrected chi connectivity index (χ4v) is 1.56. The van der Waals surface area contributed by atoms with Gasteiger partial charge in [0.2, 0.25) is 0 Å². The Bertz CT molecular complexity index is 325. The van der Waals surface area contributed by atoms with Gasteiger partial charge >= 0.3 is 0 Å². The first-order valence-electron chi connectivity index (χ1n) is 4.81. The molecule has 0 aromatic heterocycles. The molecule has 1 saturated carbocycles. The molecule has 0 heterocycles. The maximum absolute atomic E-state index is 12.8. The average molecular weight is 197 g/mol. The topological polar surface area (TPSA) is 26.0 Å². The molecule has 0 bridgehead atoms. The summed E-state index contributed by atoms with van der Waals surface area (Å²) in [7, 11) is 0. The van der Waals surface area contributed by atoms with Gasteiger partial charge in [0.15, 0.2) is 0 Å². The lowest BCUT2D eigenvalue weighted by atomic mass is 10.0. The smallest absolute Gasteiger partial charge is 0.126 e. The highest BCUT2D eigenvalue weighted by atomic mass is 19.1. The van der Waals surface area contributed by atoms with Crippen LogP contribution in [0.4, 0.5) is 8.78 Å². The molecule has 2 rings (SSSR count). The van der Waals surface area contributed by atoms with E-state index in [4.69, 9.17) is 5.73 Å². The van der Waals surface area contributed by atoms with E-state index in [0.717, 1.165) is 25.3 Å². The summed E-state index contributed by atoms with van der Waals surface area (Å²) in [5.41, 5.74) is 6.52. The lowest BCUT2D eigenvalue weighted by molar-refractivity contribution is 0.570. The third kappa shape index (κ3) is 2.29. The van der Waals surface area contributed by atoms with Crippen molar-refractivity contribution in [2.24, 2.45) is 5.73 Å². The SMILES string of the molecule is NC1(CCc2cc(F)cc(F)c2)CC1. The van der Waals surface area contributed by atoms with Gasteiger partial charge < -0.3 is 5.73 Å². The second-order valence-corrected chi connectivity index (χ2v) is 4.14. The zero-order valence-corrected chi connectivity index (χ0v) is 7.89. The summed E-state index contributed by atoms with van der Waals surface area (Å²) in [6.07, 6.45) is 3.54. The van der Waals surface area contributed by atoms with Gasteiger partial charge in [0.05, 0.1) is 0 Å². The van der Waals surface area contributed by atoms with Crippen molar-refractivity contribution in [3.05, 3.63) is 35.4 Å². The van der Waals surface area contributed by atoms with Crippen LogP contribution >= 0.6 is 0 Å². The number of aryl methyl sites for hydroxylation is 1. The number of halogens is 2. The van der Waals surface area contributed by atoms with E-state index in [2.05, 4.69) is 0 Å². The van der Waals surface area contributed by atoms with E-state index in [1.54, 1.807) is 0 Å². The number of rotatable bonds is 3. The predicted octanol–water partition coefficient (Wildman–Crippen LogP) is 2.39. The largest absolute Gasteiger partial charge is 0.325 e. The Morgan fingerprint density at radius 1 is 1.14 bits per heavy atom. The van der Waals surface area contributed by atoms with Crippen LogP contribution in [0, 0.1) is 11.6 Å². The molecular formula is C11H13F2N. The summed E-state index contributed by atoms with van der Waals surface area (Å²) in [5.74, 6) is -1.02. The second kappa shape index (κ2) is 3.31. The van der Waals surface area contributed by atoms with Gasteiger partial charge in [-0.1, -0.05) is 0 Å². The summed E-state index contributed by atoms with van der Waals surface area (Å²) < 4.78 is 25.6. The van der Waals surface area contributed by atoms with Crippen LogP contribution < -0.4 is 5.73 Å². The third-order valence-corrected chi connectivity index (χ3v) is 2.73. The predicted molar refractivity (Wildman–Crippen MR) is 50.8 cm³/mol. The Hall–Kier alpha value is -0.960. The molecule has 0 spiro atoms. The molecule has 0 atom stereocenters. The Morgan fingerprint density at radius 3 is 2.21 bits per heavy atom. The Morgan fingerprint density at radius 2 is 1.71 bits per heavy atom. The molecule has 3 heteroatoms. The first-order valence-corrected chi connectivity index (χ1v) is 4.81. The van der Waals surface area contributed by atoms with Gasteiger partial charge in [0.25, 0.3) is 0 Å². The summed E-state index contributed by atoms with van der Waals surface area (Å²) in [4.78, 5) is 0. The Labute approximate surface area is 81.9 Å². The Kier molecular flexibility index (Phi) is 2.27. The zero-order chi connectivity index (χ0) is 10.2. The molecule has 1 aliphatic carbocycles. The minimum absolute atomic E-state index is 0.0528. The molecule has 0 unspecified atom stereocenters. The lowest BCUT2D eigenvalue weighted by Crippen LogP contribution is -2.22. The van der Waals surface area contributed by atoms with Crippen molar-refractivity contribution >= 4 is 0 Å². The molecule has 0 aliphatic heterocycles. The van der Waals surface area contributed by atoms with Crippen molar-refractivity contribution in [3.8, 4) is 0 Å². The van der Waals surface area contributed by atoms with Gasteiger partial charge in [-0.05, 0) is 43.4 Å².